The first-order valence-corrected chi connectivity index (χ1v) is 11.1. The molecule has 2 N–H and O–H groups in total. The van der Waals surface area contributed by atoms with Crippen LogP contribution < -0.4 is 10.6 Å². The lowest BCUT2D eigenvalue weighted by Crippen LogP contribution is -2.51. The second-order valence-electron chi connectivity index (χ2n) is 8.12. The van der Waals surface area contributed by atoms with Gasteiger partial charge in [0.1, 0.15) is 0 Å². The number of piperidine rings is 1. The number of rotatable bonds is 8. The minimum atomic E-state index is 0.453. The fraction of sp³-hybridized carbons (Fsp3) is 0.480. The molecule has 2 aromatic carbocycles. The van der Waals surface area contributed by atoms with Gasteiger partial charge in [0.2, 0.25) is 0 Å². The Balaban J connectivity index is 1.52. The molecule has 3 rings (SSSR count). The molecular weight excluding hydrogens is 372 g/mol. The maximum absolute atomic E-state index is 5.18. The lowest BCUT2D eigenvalue weighted by molar-refractivity contribution is 0.134. The van der Waals surface area contributed by atoms with Crippen molar-refractivity contribution in [3.63, 3.8) is 0 Å². The number of guanidine groups is 1. The number of nitrogens with zero attached hydrogens (tertiary/aromatic N) is 2. The summed E-state index contributed by atoms with van der Waals surface area (Å²) in [5.74, 6) is 0.909. The molecule has 0 aromatic heterocycles. The van der Waals surface area contributed by atoms with E-state index in [1.54, 1.807) is 7.11 Å². The molecule has 0 bridgehead atoms. The van der Waals surface area contributed by atoms with Crippen LogP contribution in [0.4, 0.5) is 0 Å². The molecule has 5 nitrogen and oxygen atoms in total. The smallest absolute Gasteiger partial charge is 0.191 e. The summed E-state index contributed by atoms with van der Waals surface area (Å²) in [5.41, 5.74) is 3.78. The van der Waals surface area contributed by atoms with E-state index in [1.165, 1.54) is 16.7 Å². The molecule has 2 aromatic rings. The predicted molar refractivity (Wildman–Crippen MR) is 124 cm³/mol. The zero-order valence-electron chi connectivity index (χ0n) is 18.6. The summed E-state index contributed by atoms with van der Waals surface area (Å²) in [6.45, 7) is 8.77. The Bertz CT molecular complexity index is 775. The lowest BCUT2D eigenvalue weighted by atomic mass is 9.97. The molecule has 30 heavy (non-hydrogen) atoms. The van der Waals surface area contributed by atoms with Gasteiger partial charge >= 0.3 is 0 Å². The summed E-state index contributed by atoms with van der Waals surface area (Å²) in [6, 6.07) is 20.2. The number of likely N-dealkylation sites (tertiary alicyclic amines) is 1. The average molecular weight is 409 g/mol. The van der Waals surface area contributed by atoms with E-state index >= 15 is 0 Å². The highest BCUT2D eigenvalue weighted by molar-refractivity contribution is 5.80. The summed E-state index contributed by atoms with van der Waals surface area (Å²) in [6.07, 6.45) is 2.26. The Hall–Kier alpha value is -2.37. The van der Waals surface area contributed by atoms with E-state index in [-0.39, 0.29) is 0 Å². The number of aliphatic imine (C=N–C) groups is 1. The summed E-state index contributed by atoms with van der Waals surface area (Å²) >= 11 is 0. The second kappa shape index (κ2) is 11.7. The number of methoxy groups -OCH3 is 1. The minimum Gasteiger partial charge on any atom is -0.380 e. The van der Waals surface area contributed by atoms with Gasteiger partial charge in [-0.05, 0) is 43.4 Å². The van der Waals surface area contributed by atoms with Gasteiger partial charge in [0.15, 0.2) is 5.96 Å². The largest absolute Gasteiger partial charge is 0.380 e. The first-order valence-electron chi connectivity index (χ1n) is 11.1. The third-order valence-electron chi connectivity index (χ3n) is 5.68. The van der Waals surface area contributed by atoms with Crippen molar-refractivity contribution in [2.75, 3.05) is 20.2 Å². The Morgan fingerprint density at radius 1 is 1.07 bits per heavy atom. The fourth-order valence-corrected chi connectivity index (χ4v) is 4.00. The molecule has 2 atom stereocenters. The molecule has 1 fully saturated rings. The number of hydrogen-bond acceptors (Lipinski definition) is 3. The highest BCUT2D eigenvalue weighted by atomic mass is 16.5. The highest BCUT2D eigenvalue weighted by Crippen LogP contribution is 2.20. The molecule has 0 saturated carbocycles. The molecule has 5 heteroatoms. The maximum Gasteiger partial charge on any atom is 0.191 e. The van der Waals surface area contributed by atoms with Crippen LogP contribution in [-0.4, -0.2) is 43.1 Å². The monoisotopic (exact) mass is 408 g/mol. The average Bonchev–Trinajstić information content (AvgIpc) is 2.76. The van der Waals surface area contributed by atoms with Crippen molar-refractivity contribution >= 4 is 5.96 Å². The van der Waals surface area contributed by atoms with Crippen LogP contribution in [0.15, 0.2) is 59.6 Å². The zero-order valence-corrected chi connectivity index (χ0v) is 18.6. The maximum atomic E-state index is 5.18. The Labute approximate surface area is 181 Å². The first-order chi connectivity index (χ1) is 14.7. The van der Waals surface area contributed by atoms with E-state index in [0.29, 0.717) is 25.2 Å². The third-order valence-corrected chi connectivity index (χ3v) is 5.68. The molecule has 0 radical (unpaired) electrons. The zero-order chi connectivity index (χ0) is 21.2. The summed E-state index contributed by atoms with van der Waals surface area (Å²) in [5, 5.41) is 7.07. The number of nitrogens with one attached hydrogen (secondary N) is 2. The molecule has 2 unspecified atom stereocenters. The lowest BCUT2D eigenvalue weighted by Gasteiger charge is -2.38. The van der Waals surface area contributed by atoms with Crippen LogP contribution in [0, 0.1) is 0 Å². The highest BCUT2D eigenvalue weighted by Gasteiger charge is 2.25. The Morgan fingerprint density at radius 2 is 1.80 bits per heavy atom. The van der Waals surface area contributed by atoms with Gasteiger partial charge in [-0.15, -0.1) is 0 Å². The van der Waals surface area contributed by atoms with Gasteiger partial charge in [-0.2, -0.15) is 0 Å². The number of benzene rings is 2. The van der Waals surface area contributed by atoms with E-state index in [2.05, 4.69) is 84.0 Å². The molecular formula is C25H36N4O. The van der Waals surface area contributed by atoms with Crippen molar-refractivity contribution in [3.8, 4) is 0 Å². The number of ether oxygens (including phenoxy) is 1. The van der Waals surface area contributed by atoms with Crippen molar-refractivity contribution in [2.45, 2.75) is 58.5 Å². The minimum absolute atomic E-state index is 0.453. The van der Waals surface area contributed by atoms with Crippen LogP contribution in [-0.2, 0) is 24.4 Å². The van der Waals surface area contributed by atoms with E-state index < -0.39 is 0 Å². The van der Waals surface area contributed by atoms with E-state index in [4.69, 9.17) is 9.73 Å². The van der Waals surface area contributed by atoms with Gasteiger partial charge < -0.3 is 15.4 Å². The van der Waals surface area contributed by atoms with Gasteiger partial charge in [-0.1, -0.05) is 54.6 Å². The Morgan fingerprint density at radius 3 is 2.47 bits per heavy atom. The molecule has 0 spiro atoms. The number of hydrogen-bond donors (Lipinski definition) is 2. The van der Waals surface area contributed by atoms with Crippen LogP contribution in [0.1, 0.15) is 43.4 Å². The molecule has 0 amide bonds. The van der Waals surface area contributed by atoms with Gasteiger partial charge in [-0.25, -0.2) is 4.99 Å². The molecule has 1 aliphatic rings. The summed E-state index contributed by atoms with van der Waals surface area (Å²) in [7, 11) is 1.72. The van der Waals surface area contributed by atoms with E-state index in [9.17, 15) is 0 Å². The van der Waals surface area contributed by atoms with Gasteiger partial charge in [-0.3, -0.25) is 4.90 Å². The van der Waals surface area contributed by atoms with Crippen molar-refractivity contribution in [3.05, 3.63) is 71.3 Å². The second-order valence-corrected chi connectivity index (χ2v) is 8.12. The van der Waals surface area contributed by atoms with Crippen molar-refractivity contribution in [1.29, 1.82) is 0 Å². The topological polar surface area (TPSA) is 48.9 Å². The van der Waals surface area contributed by atoms with Crippen molar-refractivity contribution < 1.29 is 4.74 Å². The van der Waals surface area contributed by atoms with Crippen LogP contribution in [0.25, 0.3) is 0 Å². The molecule has 1 aliphatic heterocycles. The van der Waals surface area contributed by atoms with Crippen LogP contribution in [0.5, 0.6) is 0 Å². The van der Waals surface area contributed by atoms with Crippen molar-refractivity contribution in [1.82, 2.24) is 15.5 Å². The van der Waals surface area contributed by atoms with Gasteiger partial charge in [0.05, 0.1) is 13.2 Å². The summed E-state index contributed by atoms with van der Waals surface area (Å²) < 4.78 is 5.18. The fourth-order valence-electron chi connectivity index (χ4n) is 4.00. The third kappa shape index (κ3) is 6.85. The Kier molecular flexibility index (Phi) is 8.72. The summed E-state index contributed by atoms with van der Waals surface area (Å²) in [4.78, 5) is 7.40. The molecule has 162 valence electrons. The molecule has 1 heterocycles. The van der Waals surface area contributed by atoms with Crippen molar-refractivity contribution in [2.24, 2.45) is 4.99 Å². The molecule has 0 aliphatic carbocycles. The van der Waals surface area contributed by atoms with Crippen LogP contribution in [0.3, 0.4) is 0 Å². The van der Waals surface area contributed by atoms with Gasteiger partial charge in [0.25, 0.3) is 0 Å². The van der Waals surface area contributed by atoms with Gasteiger partial charge in [0, 0.05) is 38.8 Å². The predicted octanol–water partition coefficient (Wildman–Crippen LogP) is 3.94. The molecule has 1 saturated heterocycles. The van der Waals surface area contributed by atoms with Crippen LogP contribution in [0.2, 0.25) is 0 Å². The quantitative estimate of drug-likeness (QED) is 0.513. The van der Waals surface area contributed by atoms with E-state index in [1.807, 2.05) is 0 Å². The standard InChI is InChI=1S/C25H36N4O/c1-4-26-25(27-17-21-10-12-23(13-11-21)19-30-3)28-24-14-15-29(20(2)16-24)18-22-8-6-5-7-9-22/h5-13,20,24H,4,14-19H2,1-3H3,(H2,26,27,28). The first kappa shape index (κ1) is 22.3. The van der Waals surface area contributed by atoms with E-state index in [0.717, 1.165) is 38.4 Å². The van der Waals surface area contributed by atoms with Crippen LogP contribution >= 0.6 is 0 Å². The SMILES string of the molecule is CCNC(=NCc1ccc(COC)cc1)NC1CCN(Cc2ccccc2)C(C)C1. The normalized spacial score (nSPS) is 20.2.